The molecule has 8 heteroatoms. The van der Waals surface area contributed by atoms with Crippen molar-refractivity contribution >= 4 is 11.9 Å². The summed E-state index contributed by atoms with van der Waals surface area (Å²) in [4.78, 5) is 24.1. The minimum Gasteiger partial charge on any atom is -0.496 e. The van der Waals surface area contributed by atoms with E-state index in [1.54, 1.807) is 68.3 Å². The Kier molecular flexibility index (Phi) is 6.82. The van der Waals surface area contributed by atoms with Crippen molar-refractivity contribution in [1.82, 2.24) is 9.78 Å². The Bertz CT molecular complexity index is 1130. The second kappa shape index (κ2) is 9.55. The van der Waals surface area contributed by atoms with Crippen molar-refractivity contribution in [3.05, 3.63) is 59.3 Å². The van der Waals surface area contributed by atoms with Gasteiger partial charge in [0.25, 0.3) is 0 Å². The molecule has 168 valence electrons. The van der Waals surface area contributed by atoms with Gasteiger partial charge in [-0.05, 0) is 54.8 Å². The highest BCUT2D eigenvalue weighted by Crippen LogP contribution is 2.40. The van der Waals surface area contributed by atoms with Crippen LogP contribution in [0.3, 0.4) is 0 Å². The van der Waals surface area contributed by atoms with Crippen LogP contribution in [0.5, 0.6) is 11.5 Å². The number of carboxylic acids is 1. The van der Waals surface area contributed by atoms with Crippen LogP contribution in [0, 0.1) is 0 Å². The van der Waals surface area contributed by atoms with Crippen LogP contribution in [0.2, 0.25) is 0 Å². The fraction of sp³-hybridized carbons (Fsp3) is 0.292. The van der Waals surface area contributed by atoms with Crippen LogP contribution < -0.4 is 9.47 Å². The van der Waals surface area contributed by atoms with Crippen LogP contribution in [-0.2, 0) is 4.74 Å². The molecule has 2 aromatic carbocycles. The molecule has 0 atom stereocenters. The maximum absolute atomic E-state index is 12.5. The zero-order valence-electron chi connectivity index (χ0n) is 18.7. The third kappa shape index (κ3) is 4.30. The van der Waals surface area contributed by atoms with Crippen molar-refractivity contribution in [2.75, 3.05) is 20.8 Å². The van der Waals surface area contributed by atoms with Gasteiger partial charge < -0.3 is 19.3 Å². The van der Waals surface area contributed by atoms with Gasteiger partial charge in [0.2, 0.25) is 0 Å². The Morgan fingerprint density at radius 1 is 1.06 bits per heavy atom. The van der Waals surface area contributed by atoms with E-state index >= 15 is 0 Å². The first kappa shape index (κ1) is 22.9. The number of esters is 1. The number of nitrogens with zero attached hydrogens (tertiary/aromatic N) is 2. The number of ether oxygens (including phenoxy) is 3. The molecule has 3 rings (SSSR count). The van der Waals surface area contributed by atoms with Crippen molar-refractivity contribution in [2.45, 2.75) is 26.7 Å². The van der Waals surface area contributed by atoms with Crippen LogP contribution in [0.1, 0.15) is 53.1 Å². The summed E-state index contributed by atoms with van der Waals surface area (Å²) < 4.78 is 17.8. The third-order valence-corrected chi connectivity index (χ3v) is 5.01. The van der Waals surface area contributed by atoms with Crippen molar-refractivity contribution in [1.29, 1.82) is 0 Å². The van der Waals surface area contributed by atoms with Gasteiger partial charge in [0, 0.05) is 0 Å². The van der Waals surface area contributed by atoms with E-state index in [1.807, 2.05) is 13.8 Å². The van der Waals surface area contributed by atoms with Crippen molar-refractivity contribution < 1.29 is 28.9 Å². The predicted octanol–water partition coefficient (Wildman–Crippen LogP) is 4.55. The summed E-state index contributed by atoms with van der Waals surface area (Å²) in [5.41, 5.74) is 2.73. The summed E-state index contributed by atoms with van der Waals surface area (Å²) in [5, 5.41) is 14.0. The molecular weight excluding hydrogens is 412 g/mol. The van der Waals surface area contributed by atoms with Crippen molar-refractivity contribution in [3.63, 3.8) is 0 Å². The first-order valence-electron chi connectivity index (χ1n) is 10.2. The van der Waals surface area contributed by atoms with E-state index in [1.165, 1.54) is 0 Å². The van der Waals surface area contributed by atoms with Gasteiger partial charge in [-0.25, -0.2) is 14.3 Å². The summed E-state index contributed by atoms with van der Waals surface area (Å²) >= 11 is 0. The molecule has 0 amide bonds. The minimum absolute atomic E-state index is 0.0367. The fourth-order valence-corrected chi connectivity index (χ4v) is 3.52. The highest BCUT2D eigenvalue weighted by Gasteiger charge is 2.24. The molecule has 0 unspecified atom stereocenters. The molecule has 32 heavy (non-hydrogen) atoms. The lowest BCUT2D eigenvalue weighted by Gasteiger charge is -2.16. The third-order valence-electron chi connectivity index (χ3n) is 5.01. The fourth-order valence-electron chi connectivity index (χ4n) is 3.52. The Morgan fingerprint density at radius 3 is 2.25 bits per heavy atom. The van der Waals surface area contributed by atoms with Gasteiger partial charge in [0.05, 0.1) is 43.3 Å². The lowest BCUT2D eigenvalue weighted by Crippen LogP contribution is -2.09. The smallest absolute Gasteiger partial charge is 0.358 e. The molecule has 0 saturated heterocycles. The van der Waals surface area contributed by atoms with Crippen LogP contribution in [0.4, 0.5) is 0 Å². The minimum atomic E-state index is -1.00. The van der Waals surface area contributed by atoms with Gasteiger partial charge in [-0.1, -0.05) is 19.9 Å². The van der Waals surface area contributed by atoms with E-state index < -0.39 is 11.9 Å². The molecule has 0 spiro atoms. The molecule has 1 aromatic heterocycles. The van der Waals surface area contributed by atoms with Gasteiger partial charge in [-0.3, -0.25) is 0 Å². The number of carbonyl (C=O) groups excluding carboxylic acids is 1. The quantitative estimate of drug-likeness (QED) is 0.515. The molecule has 0 radical (unpaired) electrons. The van der Waals surface area contributed by atoms with E-state index in [0.717, 1.165) is 0 Å². The molecule has 0 aliphatic carbocycles. The Balaban J connectivity index is 2.31. The zero-order valence-corrected chi connectivity index (χ0v) is 18.7. The summed E-state index contributed by atoms with van der Waals surface area (Å²) in [7, 11) is 3.09. The van der Waals surface area contributed by atoms with E-state index in [2.05, 4.69) is 5.10 Å². The largest absolute Gasteiger partial charge is 0.496 e. The highest BCUT2D eigenvalue weighted by molar-refractivity contribution is 5.91. The van der Waals surface area contributed by atoms with Gasteiger partial charge in [0.15, 0.2) is 5.69 Å². The van der Waals surface area contributed by atoms with Gasteiger partial charge in [-0.2, -0.15) is 5.10 Å². The Labute approximate surface area is 186 Å². The Hall–Kier alpha value is -3.81. The number of rotatable bonds is 8. The number of carboxylic acid groups (broad SMARTS) is 1. The molecule has 0 fully saturated rings. The van der Waals surface area contributed by atoms with Crippen LogP contribution in [0.15, 0.2) is 42.5 Å². The monoisotopic (exact) mass is 438 g/mol. The number of aromatic carboxylic acids is 1. The summed E-state index contributed by atoms with van der Waals surface area (Å²) in [6.07, 6.45) is 0. The first-order valence-corrected chi connectivity index (χ1v) is 10.2. The molecule has 0 aliphatic rings. The second-order valence-electron chi connectivity index (χ2n) is 7.32. The van der Waals surface area contributed by atoms with Crippen LogP contribution in [0.25, 0.3) is 16.9 Å². The van der Waals surface area contributed by atoms with Crippen LogP contribution in [-0.4, -0.2) is 47.7 Å². The maximum Gasteiger partial charge on any atom is 0.358 e. The average Bonchev–Trinajstić information content (AvgIpc) is 3.23. The number of carbonyl (C=O) groups is 2. The van der Waals surface area contributed by atoms with E-state index in [0.29, 0.717) is 34.0 Å². The molecule has 1 heterocycles. The van der Waals surface area contributed by atoms with Gasteiger partial charge in [0.1, 0.15) is 11.5 Å². The molecular formula is C24H26N2O6. The van der Waals surface area contributed by atoms with E-state index in [4.69, 9.17) is 14.2 Å². The van der Waals surface area contributed by atoms with Gasteiger partial charge >= 0.3 is 11.9 Å². The average molecular weight is 438 g/mol. The van der Waals surface area contributed by atoms with Crippen LogP contribution >= 0.6 is 0 Å². The van der Waals surface area contributed by atoms with Gasteiger partial charge in [-0.15, -0.1) is 0 Å². The van der Waals surface area contributed by atoms with E-state index in [9.17, 15) is 14.7 Å². The van der Waals surface area contributed by atoms with Crippen molar-refractivity contribution in [3.8, 4) is 28.4 Å². The summed E-state index contributed by atoms with van der Waals surface area (Å²) in [6.45, 7) is 5.77. The molecule has 0 aliphatic heterocycles. The second-order valence-corrected chi connectivity index (χ2v) is 7.32. The maximum atomic E-state index is 12.5. The molecule has 3 aromatic rings. The molecule has 1 N–H and O–H groups in total. The SMILES string of the molecule is CCOC(=O)c1cc(-c2c(OC)cccc2OC)n(-c2ccc(C(=O)O)c(C(C)C)c2)n1. The Morgan fingerprint density at radius 2 is 1.72 bits per heavy atom. The molecule has 0 saturated carbocycles. The zero-order chi connectivity index (χ0) is 23.4. The number of aromatic nitrogens is 2. The number of hydrogen-bond acceptors (Lipinski definition) is 6. The molecule has 8 nitrogen and oxygen atoms in total. The predicted molar refractivity (Wildman–Crippen MR) is 119 cm³/mol. The standard InChI is InChI=1S/C24H26N2O6/c1-6-32-24(29)18-13-19(22-20(30-4)8-7-9-21(22)31-5)26(25-18)15-10-11-16(23(27)28)17(12-15)14(2)3/h7-14H,6H2,1-5H3,(H,27,28). The lowest BCUT2D eigenvalue weighted by atomic mass is 9.96. The van der Waals surface area contributed by atoms with E-state index in [-0.39, 0.29) is 23.8 Å². The summed E-state index contributed by atoms with van der Waals surface area (Å²) in [5.74, 6) is -0.531. The highest BCUT2D eigenvalue weighted by atomic mass is 16.5. The first-order chi connectivity index (χ1) is 15.3. The lowest BCUT2D eigenvalue weighted by molar-refractivity contribution is 0.0518. The summed E-state index contributed by atoms with van der Waals surface area (Å²) in [6, 6.07) is 11.9. The van der Waals surface area contributed by atoms with Crippen molar-refractivity contribution in [2.24, 2.45) is 0 Å². The number of methoxy groups -OCH3 is 2. The number of benzene rings is 2. The molecule has 0 bridgehead atoms. The normalized spacial score (nSPS) is 10.8. The topological polar surface area (TPSA) is 99.9 Å². The number of hydrogen-bond donors (Lipinski definition) is 1.